The van der Waals surface area contributed by atoms with Crippen molar-refractivity contribution in [3.05, 3.63) is 154 Å². The minimum Gasteiger partial charge on any atom is -0.497 e. The van der Waals surface area contributed by atoms with Crippen molar-refractivity contribution in [1.29, 1.82) is 0 Å². The van der Waals surface area contributed by atoms with Crippen LogP contribution in [0.3, 0.4) is 0 Å². The number of hydrogen-bond acceptors (Lipinski definition) is 3. The van der Waals surface area contributed by atoms with Crippen LogP contribution in [0, 0.1) is 0 Å². The van der Waals surface area contributed by atoms with Gasteiger partial charge in [0, 0.05) is 33.4 Å². The van der Waals surface area contributed by atoms with Crippen LogP contribution in [0.1, 0.15) is 77.1 Å². The summed E-state index contributed by atoms with van der Waals surface area (Å²) in [5, 5.41) is 2.26. The minimum absolute atomic E-state index is 0.198. The van der Waals surface area contributed by atoms with Crippen LogP contribution >= 0.6 is 0 Å². The van der Waals surface area contributed by atoms with E-state index < -0.39 is 5.60 Å². The predicted molar refractivity (Wildman–Crippen MR) is 198 cm³/mol. The predicted octanol–water partition coefficient (Wildman–Crippen LogP) is 11.0. The van der Waals surface area contributed by atoms with Crippen molar-refractivity contribution in [2.24, 2.45) is 0 Å². The van der Waals surface area contributed by atoms with Gasteiger partial charge in [0.2, 0.25) is 0 Å². The Labute approximate surface area is 287 Å². The highest BCUT2D eigenvalue weighted by Gasteiger charge is 2.46. The summed E-state index contributed by atoms with van der Waals surface area (Å²) in [6.45, 7) is 4.71. The molecule has 10 rings (SSSR count). The van der Waals surface area contributed by atoms with Gasteiger partial charge in [-0.25, -0.2) is 0 Å². The summed E-state index contributed by atoms with van der Waals surface area (Å²) >= 11 is 0. The molecule has 49 heavy (non-hydrogen) atoms. The lowest BCUT2D eigenvalue weighted by Crippen LogP contribution is -2.36. The highest BCUT2D eigenvalue weighted by molar-refractivity contribution is 6.09. The zero-order chi connectivity index (χ0) is 33.1. The zero-order valence-corrected chi connectivity index (χ0v) is 28.4. The molecule has 6 aromatic carbocycles. The van der Waals surface area contributed by atoms with Crippen LogP contribution in [0.15, 0.2) is 109 Å². The van der Waals surface area contributed by atoms with Crippen molar-refractivity contribution in [3.8, 4) is 39.5 Å². The van der Waals surface area contributed by atoms with Gasteiger partial charge in [-0.1, -0.05) is 92.7 Å². The van der Waals surface area contributed by atoms with E-state index in [4.69, 9.17) is 14.2 Å². The lowest BCUT2D eigenvalue weighted by Gasteiger charge is -2.40. The van der Waals surface area contributed by atoms with Gasteiger partial charge in [-0.15, -0.1) is 0 Å². The van der Waals surface area contributed by atoms with Gasteiger partial charge in [-0.3, -0.25) is 0 Å². The SMILES string of the molecule is COc1ccc(C2(c3ccc4c5c3CCCC5c3ccccc3-4)C=Cc3c4c(c5ccc(OC)cc5c3O2)-c2ccccc2C4(C)C)cc1. The summed E-state index contributed by atoms with van der Waals surface area (Å²) in [6, 6.07) is 37.6. The summed E-state index contributed by atoms with van der Waals surface area (Å²) < 4.78 is 19.2. The van der Waals surface area contributed by atoms with Gasteiger partial charge in [-0.2, -0.15) is 0 Å². The fourth-order valence-corrected chi connectivity index (χ4v) is 9.75. The van der Waals surface area contributed by atoms with Crippen molar-refractivity contribution in [1.82, 2.24) is 0 Å². The van der Waals surface area contributed by atoms with Crippen LogP contribution in [0.5, 0.6) is 17.2 Å². The van der Waals surface area contributed by atoms with E-state index in [0.29, 0.717) is 5.92 Å². The second kappa shape index (κ2) is 10.1. The first-order valence-corrected chi connectivity index (χ1v) is 17.5. The molecule has 6 aromatic rings. The monoisotopic (exact) mass is 638 g/mol. The molecule has 0 amide bonds. The average molecular weight is 639 g/mol. The van der Waals surface area contributed by atoms with Crippen LogP contribution in [0.25, 0.3) is 39.1 Å². The van der Waals surface area contributed by atoms with Gasteiger partial charge in [0.25, 0.3) is 0 Å². The Balaban J connectivity index is 1.27. The smallest absolute Gasteiger partial charge is 0.178 e. The fraction of sp³-hybridized carbons (Fsp3) is 0.217. The van der Waals surface area contributed by atoms with Crippen LogP contribution in [-0.2, 0) is 17.4 Å². The van der Waals surface area contributed by atoms with Crippen LogP contribution in [0.4, 0.5) is 0 Å². The molecule has 3 heteroatoms. The maximum absolute atomic E-state index is 7.75. The minimum atomic E-state index is -0.847. The van der Waals surface area contributed by atoms with Gasteiger partial charge >= 0.3 is 0 Å². The third kappa shape index (κ3) is 3.73. The van der Waals surface area contributed by atoms with E-state index in [0.717, 1.165) is 46.6 Å². The molecule has 2 unspecified atom stereocenters. The van der Waals surface area contributed by atoms with Gasteiger partial charge in [0.05, 0.1) is 14.2 Å². The number of methoxy groups -OCH3 is 2. The number of ether oxygens (including phenoxy) is 3. The molecule has 0 radical (unpaired) electrons. The molecule has 240 valence electrons. The zero-order valence-electron chi connectivity index (χ0n) is 28.4. The van der Waals surface area contributed by atoms with E-state index in [1.165, 1.54) is 67.4 Å². The van der Waals surface area contributed by atoms with Crippen molar-refractivity contribution >= 4 is 16.8 Å². The van der Waals surface area contributed by atoms with Crippen LogP contribution < -0.4 is 14.2 Å². The second-order valence-corrected chi connectivity index (χ2v) is 14.6. The fourth-order valence-electron chi connectivity index (χ4n) is 9.75. The third-order valence-corrected chi connectivity index (χ3v) is 11.9. The standard InChI is InChI=1S/C46H38O3/c1-45(2)39-15-8-7-12-35(39)42-34-21-20-29(48-4)26-38(34)44-37(43(42)45)24-25-46(49-44,27-16-18-28(47-3)19-17-27)40-23-22-33-31-11-6-5-10-30(31)32-13-9-14-36(40)41(32)33/h5-8,10-12,15-26,32H,9,13-14H2,1-4H3. The number of benzene rings is 6. The molecule has 0 saturated heterocycles. The summed E-state index contributed by atoms with van der Waals surface area (Å²) in [4.78, 5) is 0. The van der Waals surface area contributed by atoms with E-state index in [-0.39, 0.29) is 5.41 Å². The number of fused-ring (bicyclic) bond motifs is 11. The molecule has 0 aromatic heterocycles. The molecule has 2 atom stereocenters. The normalized spacial score (nSPS) is 20.1. The average Bonchev–Trinajstić information content (AvgIpc) is 3.61. The Morgan fingerprint density at radius 2 is 1.47 bits per heavy atom. The van der Waals surface area contributed by atoms with Gasteiger partial charge in [0.1, 0.15) is 17.2 Å². The quantitative estimate of drug-likeness (QED) is 0.192. The summed E-state index contributed by atoms with van der Waals surface area (Å²) in [7, 11) is 3.46. The topological polar surface area (TPSA) is 27.7 Å². The first kappa shape index (κ1) is 28.7. The van der Waals surface area contributed by atoms with E-state index in [2.05, 4.69) is 129 Å². The molecule has 0 saturated carbocycles. The van der Waals surface area contributed by atoms with E-state index in [1.54, 1.807) is 14.2 Å². The van der Waals surface area contributed by atoms with Gasteiger partial charge < -0.3 is 14.2 Å². The molecule has 3 aliphatic carbocycles. The van der Waals surface area contributed by atoms with Crippen molar-refractivity contribution in [2.45, 2.75) is 50.0 Å². The lowest BCUT2D eigenvalue weighted by atomic mass is 9.73. The summed E-state index contributed by atoms with van der Waals surface area (Å²) in [5.41, 5.74) is 14.9. The van der Waals surface area contributed by atoms with E-state index >= 15 is 0 Å². The highest BCUT2D eigenvalue weighted by atomic mass is 16.5. The van der Waals surface area contributed by atoms with E-state index in [1.807, 2.05) is 0 Å². The summed E-state index contributed by atoms with van der Waals surface area (Å²) in [5.74, 6) is 2.99. The Kier molecular flexibility index (Phi) is 5.93. The summed E-state index contributed by atoms with van der Waals surface area (Å²) in [6.07, 6.45) is 8.07. The Morgan fingerprint density at radius 1 is 0.714 bits per heavy atom. The molecule has 1 heterocycles. The lowest BCUT2D eigenvalue weighted by molar-refractivity contribution is 0.161. The van der Waals surface area contributed by atoms with Crippen molar-refractivity contribution in [2.75, 3.05) is 14.2 Å². The number of hydrogen-bond donors (Lipinski definition) is 0. The van der Waals surface area contributed by atoms with Crippen molar-refractivity contribution < 1.29 is 14.2 Å². The first-order chi connectivity index (χ1) is 23.9. The van der Waals surface area contributed by atoms with Crippen LogP contribution in [0.2, 0.25) is 0 Å². The van der Waals surface area contributed by atoms with E-state index in [9.17, 15) is 0 Å². The maximum atomic E-state index is 7.75. The molecule has 0 N–H and O–H groups in total. The molecule has 1 aliphatic heterocycles. The Hall–Kier alpha value is -5.28. The molecular formula is C46H38O3. The number of rotatable bonds is 4. The van der Waals surface area contributed by atoms with Gasteiger partial charge in [-0.05, 0) is 111 Å². The molecule has 0 bridgehead atoms. The molecule has 0 spiro atoms. The molecular weight excluding hydrogens is 601 g/mol. The van der Waals surface area contributed by atoms with Gasteiger partial charge in [0.15, 0.2) is 5.60 Å². The van der Waals surface area contributed by atoms with Crippen LogP contribution in [-0.4, -0.2) is 14.2 Å². The largest absolute Gasteiger partial charge is 0.497 e. The Bertz CT molecular complexity index is 2400. The molecule has 4 aliphatic rings. The maximum Gasteiger partial charge on any atom is 0.178 e. The Morgan fingerprint density at radius 3 is 2.29 bits per heavy atom. The van der Waals surface area contributed by atoms with Crippen molar-refractivity contribution in [3.63, 3.8) is 0 Å². The highest BCUT2D eigenvalue weighted by Crippen LogP contribution is 2.60. The third-order valence-electron chi connectivity index (χ3n) is 11.9. The first-order valence-electron chi connectivity index (χ1n) is 17.5. The molecule has 0 fully saturated rings. The second-order valence-electron chi connectivity index (χ2n) is 14.6. The molecule has 3 nitrogen and oxygen atoms in total.